The second-order valence-electron chi connectivity index (χ2n) is 4.79. The lowest BCUT2D eigenvalue weighted by molar-refractivity contribution is 0.0962. The molecule has 1 N–H and O–H groups in total. The van der Waals surface area contributed by atoms with Gasteiger partial charge in [0.15, 0.2) is 0 Å². The molecule has 2 heterocycles. The van der Waals surface area contributed by atoms with E-state index in [9.17, 15) is 4.79 Å². The highest BCUT2D eigenvalue weighted by Crippen LogP contribution is 2.21. The Morgan fingerprint density at radius 3 is 3.00 bits per heavy atom. The quantitative estimate of drug-likeness (QED) is 0.724. The van der Waals surface area contributed by atoms with Gasteiger partial charge in [-0.2, -0.15) is 0 Å². The van der Waals surface area contributed by atoms with Crippen LogP contribution in [0, 0.1) is 11.8 Å². The molecule has 4 nitrogen and oxygen atoms in total. The van der Waals surface area contributed by atoms with Gasteiger partial charge >= 0.3 is 0 Å². The summed E-state index contributed by atoms with van der Waals surface area (Å²) in [6, 6.07) is 13.0. The van der Waals surface area contributed by atoms with Crippen LogP contribution >= 0.6 is 22.9 Å². The molecule has 0 unspecified atom stereocenters. The van der Waals surface area contributed by atoms with Crippen molar-refractivity contribution in [2.45, 2.75) is 0 Å². The first-order valence-corrected chi connectivity index (χ1v) is 8.39. The Hall–Kier alpha value is -2.55. The Balaban J connectivity index is 1.46. The molecule has 0 saturated carbocycles. The van der Waals surface area contributed by atoms with Gasteiger partial charge < -0.3 is 10.1 Å². The molecule has 120 valence electrons. The summed E-state index contributed by atoms with van der Waals surface area (Å²) in [4.78, 5) is 16.6. The maximum Gasteiger partial charge on any atom is 0.262 e. The number of carbonyl (C=O) groups is 1. The largest absolute Gasteiger partial charge is 0.481 e. The van der Waals surface area contributed by atoms with Gasteiger partial charge in [0.2, 0.25) is 0 Å². The first kappa shape index (κ1) is 16.3. The third-order valence-corrected chi connectivity index (χ3v) is 4.38. The molecule has 6 heteroatoms. The number of rotatable bonds is 4. The Kier molecular flexibility index (Phi) is 5.32. The molecular formula is C18H13ClN2O2S. The fraction of sp³-hybridized carbons (Fsp3) is 0.111. The Morgan fingerprint density at radius 1 is 1.25 bits per heavy atom. The first-order valence-electron chi connectivity index (χ1n) is 7.19. The summed E-state index contributed by atoms with van der Waals surface area (Å²) in [5.74, 6) is 6.25. The Bertz CT molecular complexity index is 927. The Morgan fingerprint density at radius 2 is 2.17 bits per heavy atom. The van der Waals surface area contributed by atoms with Crippen molar-refractivity contribution in [1.29, 1.82) is 0 Å². The van der Waals surface area contributed by atoms with E-state index in [0.29, 0.717) is 15.0 Å². The van der Waals surface area contributed by atoms with Crippen molar-refractivity contribution in [2.75, 3.05) is 13.2 Å². The van der Waals surface area contributed by atoms with Gasteiger partial charge in [0, 0.05) is 17.6 Å². The molecule has 2 aromatic heterocycles. The van der Waals surface area contributed by atoms with E-state index in [4.69, 9.17) is 16.3 Å². The second-order valence-corrected chi connectivity index (χ2v) is 6.50. The molecule has 0 bridgehead atoms. The van der Waals surface area contributed by atoms with Crippen LogP contribution in [-0.2, 0) is 0 Å². The summed E-state index contributed by atoms with van der Waals surface area (Å²) in [6.07, 6.45) is 1.75. The molecule has 0 spiro atoms. The van der Waals surface area contributed by atoms with Crippen LogP contribution in [-0.4, -0.2) is 24.0 Å². The normalized spacial score (nSPS) is 10.0. The summed E-state index contributed by atoms with van der Waals surface area (Å²) in [5.41, 5.74) is 0.879. The zero-order valence-electron chi connectivity index (χ0n) is 12.6. The summed E-state index contributed by atoms with van der Waals surface area (Å²) in [7, 11) is 0. The monoisotopic (exact) mass is 356 g/mol. The zero-order valence-corrected chi connectivity index (χ0v) is 14.2. The lowest BCUT2D eigenvalue weighted by Gasteiger charge is -2.03. The molecule has 0 saturated heterocycles. The van der Waals surface area contributed by atoms with Gasteiger partial charge in [-0.3, -0.25) is 9.78 Å². The number of hydrogen-bond acceptors (Lipinski definition) is 4. The van der Waals surface area contributed by atoms with Crippen molar-refractivity contribution in [1.82, 2.24) is 10.3 Å². The molecule has 0 aliphatic rings. The number of hydrogen-bond donors (Lipinski definition) is 1. The lowest BCUT2D eigenvalue weighted by atomic mass is 10.2. The van der Waals surface area contributed by atoms with Crippen LogP contribution in [0.3, 0.4) is 0 Å². The summed E-state index contributed by atoms with van der Waals surface area (Å²) < 4.78 is 6.15. The minimum absolute atomic E-state index is 0.178. The maximum absolute atomic E-state index is 11.8. The van der Waals surface area contributed by atoms with Crippen LogP contribution in [0.1, 0.15) is 9.67 Å². The number of benzene rings is 1. The van der Waals surface area contributed by atoms with Crippen molar-refractivity contribution < 1.29 is 9.53 Å². The minimum atomic E-state index is -0.178. The zero-order chi connectivity index (χ0) is 16.8. The topological polar surface area (TPSA) is 51.2 Å². The molecule has 24 heavy (non-hydrogen) atoms. The highest BCUT2D eigenvalue weighted by Gasteiger charge is 2.06. The van der Waals surface area contributed by atoms with Crippen LogP contribution in [0.15, 0.2) is 48.7 Å². The van der Waals surface area contributed by atoms with E-state index in [1.807, 2.05) is 30.3 Å². The van der Waals surface area contributed by atoms with Gasteiger partial charge in [-0.05, 0) is 30.3 Å². The van der Waals surface area contributed by atoms with Crippen LogP contribution in [0.4, 0.5) is 0 Å². The number of thiophene rings is 1. The van der Waals surface area contributed by atoms with Gasteiger partial charge in [0.05, 0.1) is 21.3 Å². The van der Waals surface area contributed by atoms with Crippen molar-refractivity contribution in [3.63, 3.8) is 0 Å². The molecular weight excluding hydrogens is 344 g/mol. The maximum atomic E-state index is 11.8. The standard InChI is InChI=1S/C18H13ClN2O2S/c19-17-8-7-16(24-17)18(22)21-9-1-2-11-23-14-6-5-13-4-3-10-20-15(13)12-14/h3-8,10,12H,9,11H2,(H,21,22). The minimum Gasteiger partial charge on any atom is -0.481 e. The number of amides is 1. The lowest BCUT2D eigenvalue weighted by Crippen LogP contribution is -2.22. The van der Waals surface area contributed by atoms with Gasteiger partial charge in [0.25, 0.3) is 5.91 Å². The number of pyridine rings is 1. The summed E-state index contributed by atoms with van der Waals surface area (Å²) in [5, 5.41) is 3.77. The van der Waals surface area contributed by atoms with E-state index in [1.54, 1.807) is 18.3 Å². The van der Waals surface area contributed by atoms with E-state index in [0.717, 1.165) is 10.9 Å². The average Bonchev–Trinajstić information content (AvgIpc) is 3.04. The molecule has 1 amide bonds. The average molecular weight is 357 g/mol. The van der Waals surface area contributed by atoms with Crippen LogP contribution in [0.25, 0.3) is 10.9 Å². The fourth-order valence-corrected chi connectivity index (χ4v) is 2.98. The number of halogens is 1. The van der Waals surface area contributed by atoms with Gasteiger partial charge in [-0.15, -0.1) is 11.3 Å². The number of carbonyl (C=O) groups excluding carboxylic acids is 1. The number of nitrogens with one attached hydrogen (secondary N) is 1. The van der Waals surface area contributed by atoms with E-state index >= 15 is 0 Å². The summed E-state index contributed by atoms with van der Waals surface area (Å²) in [6.45, 7) is 0.510. The Labute approximate surface area is 148 Å². The third-order valence-electron chi connectivity index (χ3n) is 3.15. The van der Waals surface area contributed by atoms with Crippen molar-refractivity contribution in [2.24, 2.45) is 0 Å². The van der Waals surface area contributed by atoms with Crippen LogP contribution in [0.2, 0.25) is 4.34 Å². The number of ether oxygens (including phenoxy) is 1. The van der Waals surface area contributed by atoms with E-state index in [2.05, 4.69) is 22.1 Å². The number of fused-ring (bicyclic) bond motifs is 1. The number of nitrogens with zero attached hydrogens (tertiary/aromatic N) is 1. The molecule has 3 rings (SSSR count). The van der Waals surface area contributed by atoms with Crippen molar-refractivity contribution in [3.05, 3.63) is 57.9 Å². The highest BCUT2D eigenvalue weighted by atomic mass is 35.5. The van der Waals surface area contributed by atoms with Crippen LogP contribution in [0.5, 0.6) is 5.75 Å². The molecule has 0 radical (unpaired) electrons. The van der Waals surface area contributed by atoms with Gasteiger partial charge in [-0.25, -0.2) is 0 Å². The molecule has 0 aliphatic carbocycles. The molecule has 0 atom stereocenters. The smallest absolute Gasteiger partial charge is 0.262 e. The molecule has 3 aromatic rings. The van der Waals surface area contributed by atoms with E-state index in [-0.39, 0.29) is 19.1 Å². The van der Waals surface area contributed by atoms with E-state index < -0.39 is 0 Å². The fourth-order valence-electron chi connectivity index (χ4n) is 2.02. The second kappa shape index (κ2) is 7.82. The van der Waals surface area contributed by atoms with E-state index in [1.165, 1.54) is 11.3 Å². The van der Waals surface area contributed by atoms with Gasteiger partial charge in [0.1, 0.15) is 12.4 Å². The molecule has 1 aromatic carbocycles. The SMILES string of the molecule is O=C(NCC#CCOc1ccc2cccnc2c1)c1ccc(Cl)s1. The van der Waals surface area contributed by atoms with Gasteiger partial charge in [-0.1, -0.05) is 29.5 Å². The summed E-state index contributed by atoms with van der Waals surface area (Å²) >= 11 is 7.03. The van der Waals surface area contributed by atoms with Crippen molar-refractivity contribution in [3.8, 4) is 17.6 Å². The molecule has 0 aliphatic heterocycles. The molecule has 0 fully saturated rings. The highest BCUT2D eigenvalue weighted by molar-refractivity contribution is 7.17. The predicted octanol–water partition coefficient (Wildman–Crippen LogP) is 3.76. The third kappa shape index (κ3) is 4.25. The predicted molar refractivity (Wildman–Crippen MR) is 96.7 cm³/mol. The van der Waals surface area contributed by atoms with Crippen LogP contribution < -0.4 is 10.1 Å². The number of aromatic nitrogens is 1. The first-order chi connectivity index (χ1) is 11.7. The van der Waals surface area contributed by atoms with Crippen molar-refractivity contribution >= 4 is 39.7 Å².